The van der Waals surface area contributed by atoms with E-state index in [1.807, 2.05) is 35.3 Å². The summed E-state index contributed by atoms with van der Waals surface area (Å²) >= 11 is 0. The van der Waals surface area contributed by atoms with Crippen molar-refractivity contribution in [1.29, 1.82) is 0 Å². The SMILES string of the molecule is CC(C)(C)OC(=O)N1C(=O)[C@H]2C[C@@H]1[C@H]1[C@@H]2N=NN1c1ccccc1. The van der Waals surface area contributed by atoms with Crippen molar-refractivity contribution < 1.29 is 14.3 Å². The lowest BCUT2D eigenvalue weighted by atomic mass is 9.98. The predicted octanol–water partition coefficient (Wildman–Crippen LogP) is 2.78. The van der Waals surface area contributed by atoms with Gasteiger partial charge in [-0.2, -0.15) is 5.11 Å². The van der Waals surface area contributed by atoms with Crippen molar-refractivity contribution in [3.05, 3.63) is 30.3 Å². The molecule has 2 heterocycles. The fourth-order valence-corrected chi connectivity index (χ4v) is 3.82. The standard InChI is InChI=1S/C17H20N4O3/c1-17(2,3)24-16(23)20-12-9-11(15(20)22)13-14(12)21(19-18-13)10-7-5-4-6-8-10/h4-8,11-14H,9H2,1-3H3/t11-,12+,13+,14-/m0/s1. The Morgan fingerprint density at radius 3 is 2.62 bits per heavy atom. The molecule has 0 unspecified atom stereocenters. The van der Waals surface area contributed by atoms with Gasteiger partial charge in [0, 0.05) is 0 Å². The first-order valence-corrected chi connectivity index (χ1v) is 8.18. The Morgan fingerprint density at radius 1 is 1.25 bits per heavy atom. The lowest BCUT2D eigenvalue weighted by Gasteiger charge is -2.36. The van der Waals surface area contributed by atoms with Gasteiger partial charge in [0.05, 0.1) is 17.6 Å². The van der Waals surface area contributed by atoms with Crippen molar-refractivity contribution in [1.82, 2.24) is 4.90 Å². The maximum atomic E-state index is 12.6. The van der Waals surface area contributed by atoms with Crippen LogP contribution in [0.1, 0.15) is 27.2 Å². The summed E-state index contributed by atoms with van der Waals surface area (Å²) in [6, 6.07) is 9.16. The molecule has 0 aromatic heterocycles. The van der Waals surface area contributed by atoms with E-state index < -0.39 is 11.7 Å². The van der Waals surface area contributed by atoms with E-state index in [9.17, 15) is 9.59 Å². The summed E-state index contributed by atoms with van der Waals surface area (Å²) in [4.78, 5) is 26.4. The van der Waals surface area contributed by atoms with Crippen molar-refractivity contribution in [3.8, 4) is 0 Å². The average molecular weight is 328 g/mol. The number of fused-ring (bicyclic) bond motifs is 5. The maximum absolute atomic E-state index is 12.6. The van der Waals surface area contributed by atoms with Crippen LogP contribution in [-0.2, 0) is 9.53 Å². The van der Waals surface area contributed by atoms with Crippen molar-refractivity contribution in [3.63, 3.8) is 0 Å². The van der Waals surface area contributed by atoms with E-state index in [-0.39, 0.29) is 30.0 Å². The molecule has 7 nitrogen and oxygen atoms in total. The highest BCUT2D eigenvalue weighted by Crippen LogP contribution is 2.47. The number of rotatable bonds is 1. The Labute approximate surface area is 140 Å². The van der Waals surface area contributed by atoms with Crippen molar-refractivity contribution in [2.45, 2.75) is 50.9 Å². The van der Waals surface area contributed by atoms with Crippen LogP contribution in [0, 0.1) is 5.92 Å². The van der Waals surface area contributed by atoms with Gasteiger partial charge in [0.25, 0.3) is 0 Å². The molecule has 4 atom stereocenters. The molecule has 3 aliphatic rings. The molecule has 2 fully saturated rings. The van der Waals surface area contributed by atoms with Crippen LogP contribution < -0.4 is 5.01 Å². The molecule has 7 heteroatoms. The van der Waals surface area contributed by atoms with Gasteiger partial charge in [0.15, 0.2) is 0 Å². The molecule has 4 rings (SSSR count). The first-order valence-electron chi connectivity index (χ1n) is 8.18. The molecule has 2 amide bonds. The first-order chi connectivity index (χ1) is 11.4. The summed E-state index contributed by atoms with van der Waals surface area (Å²) in [5.41, 5.74) is 0.278. The van der Waals surface area contributed by atoms with Crippen LogP contribution in [0.4, 0.5) is 10.5 Å². The number of hydrogen-bond acceptors (Lipinski definition) is 6. The molecule has 1 saturated heterocycles. The summed E-state index contributed by atoms with van der Waals surface area (Å²) in [6.07, 6.45) is 0.0498. The zero-order chi connectivity index (χ0) is 17.1. The molecule has 0 N–H and O–H groups in total. The number of piperidine rings is 1. The minimum atomic E-state index is -0.637. The van der Waals surface area contributed by atoms with Crippen molar-refractivity contribution in [2.75, 3.05) is 5.01 Å². The van der Waals surface area contributed by atoms with Gasteiger partial charge >= 0.3 is 6.09 Å². The van der Waals surface area contributed by atoms with Crippen LogP contribution in [0.5, 0.6) is 0 Å². The van der Waals surface area contributed by atoms with E-state index in [2.05, 4.69) is 10.3 Å². The van der Waals surface area contributed by atoms with Gasteiger partial charge in [0.1, 0.15) is 17.7 Å². The molecule has 0 spiro atoms. The van der Waals surface area contributed by atoms with Gasteiger partial charge in [-0.25, -0.2) is 14.7 Å². The molecule has 2 bridgehead atoms. The summed E-state index contributed by atoms with van der Waals surface area (Å²) in [5.74, 6) is -0.477. The van der Waals surface area contributed by atoms with Crippen LogP contribution in [-0.4, -0.2) is 40.6 Å². The first kappa shape index (κ1) is 15.1. The summed E-state index contributed by atoms with van der Waals surface area (Å²) < 4.78 is 5.42. The third-order valence-corrected chi connectivity index (χ3v) is 4.71. The van der Waals surface area contributed by atoms with E-state index in [0.717, 1.165) is 5.69 Å². The number of imide groups is 1. The highest BCUT2D eigenvalue weighted by atomic mass is 16.6. The number of anilines is 1. The van der Waals surface area contributed by atoms with E-state index >= 15 is 0 Å². The molecule has 1 aromatic carbocycles. The number of carbonyl (C=O) groups excluding carboxylic acids is 2. The smallest absolute Gasteiger partial charge is 0.417 e. The molecule has 0 radical (unpaired) electrons. The molecule has 24 heavy (non-hydrogen) atoms. The highest BCUT2D eigenvalue weighted by molar-refractivity contribution is 5.97. The average Bonchev–Trinajstić information content (AvgIpc) is 3.15. The summed E-state index contributed by atoms with van der Waals surface area (Å²) in [7, 11) is 0. The topological polar surface area (TPSA) is 74.6 Å². The van der Waals surface area contributed by atoms with Gasteiger partial charge < -0.3 is 4.74 Å². The molecule has 2 aliphatic heterocycles. The molecule has 126 valence electrons. The number of benzene rings is 1. The number of hydrogen-bond donors (Lipinski definition) is 0. The quantitative estimate of drug-likeness (QED) is 0.794. The molecular weight excluding hydrogens is 308 g/mol. The normalized spacial score (nSPS) is 30.9. The van der Waals surface area contributed by atoms with Gasteiger partial charge in [-0.15, -0.1) is 0 Å². The van der Waals surface area contributed by atoms with Gasteiger partial charge in [0.2, 0.25) is 5.91 Å². The number of para-hydroxylation sites is 1. The zero-order valence-corrected chi connectivity index (χ0v) is 13.9. The second-order valence-corrected chi connectivity index (χ2v) is 7.46. The number of amides is 2. The Morgan fingerprint density at radius 2 is 1.96 bits per heavy atom. The molecule has 1 saturated carbocycles. The highest BCUT2D eigenvalue weighted by Gasteiger charge is 2.63. The second-order valence-electron chi connectivity index (χ2n) is 7.46. The van der Waals surface area contributed by atoms with E-state index in [0.29, 0.717) is 6.42 Å². The summed E-state index contributed by atoms with van der Waals surface area (Å²) in [6.45, 7) is 5.38. The van der Waals surface area contributed by atoms with Crippen molar-refractivity contribution in [2.24, 2.45) is 16.3 Å². The number of nitrogens with zero attached hydrogens (tertiary/aromatic N) is 4. The molecular formula is C17H20N4O3. The van der Waals surface area contributed by atoms with Crippen LogP contribution in [0.15, 0.2) is 40.7 Å². The Hall–Kier alpha value is -2.44. The Balaban J connectivity index is 1.62. The summed E-state index contributed by atoms with van der Waals surface area (Å²) in [5, 5.41) is 10.4. The zero-order valence-electron chi connectivity index (χ0n) is 13.9. The van der Waals surface area contributed by atoms with Gasteiger partial charge in [-0.3, -0.25) is 4.79 Å². The van der Waals surface area contributed by atoms with Crippen LogP contribution in [0.2, 0.25) is 0 Å². The molecule has 1 aromatic rings. The second kappa shape index (κ2) is 5.03. The minimum absolute atomic E-state index is 0.109. The molecule has 1 aliphatic carbocycles. The lowest BCUT2D eigenvalue weighted by Crippen LogP contribution is -2.57. The van der Waals surface area contributed by atoms with Crippen molar-refractivity contribution >= 4 is 17.7 Å². The minimum Gasteiger partial charge on any atom is -0.443 e. The third kappa shape index (κ3) is 2.18. The van der Waals surface area contributed by atoms with Crippen LogP contribution in [0.3, 0.4) is 0 Å². The van der Waals surface area contributed by atoms with Crippen LogP contribution >= 0.6 is 0 Å². The van der Waals surface area contributed by atoms with E-state index in [1.54, 1.807) is 20.8 Å². The van der Waals surface area contributed by atoms with E-state index in [1.165, 1.54) is 4.90 Å². The largest absolute Gasteiger partial charge is 0.443 e. The lowest BCUT2D eigenvalue weighted by molar-refractivity contribution is -0.133. The Kier molecular flexibility index (Phi) is 3.16. The predicted molar refractivity (Wildman–Crippen MR) is 86.3 cm³/mol. The van der Waals surface area contributed by atoms with Gasteiger partial charge in [-0.1, -0.05) is 23.4 Å². The number of ether oxygens (including phenoxy) is 1. The fraction of sp³-hybridized carbons (Fsp3) is 0.529. The third-order valence-electron chi connectivity index (χ3n) is 4.71. The van der Waals surface area contributed by atoms with E-state index in [4.69, 9.17) is 4.74 Å². The number of carbonyl (C=O) groups is 2. The Bertz CT molecular complexity index is 712. The van der Waals surface area contributed by atoms with Gasteiger partial charge in [-0.05, 0) is 39.3 Å². The number of likely N-dealkylation sites (tertiary alicyclic amines) is 1. The maximum Gasteiger partial charge on any atom is 0.417 e. The monoisotopic (exact) mass is 328 g/mol. The fourth-order valence-electron chi connectivity index (χ4n) is 3.82. The van der Waals surface area contributed by atoms with Crippen LogP contribution in [0.25, 0.3) is 0 Å².